The van der Waals surface area contributed by atoms with Crippen molar-refractivity contribution in [3.05, 3.63) is 65.2 Å². The van der Waals surface area contributed by atoms with Crippen LogP contribution in [0.3, 0.4) is 0 Å². The van der Waals surface area contributed by atoms with Gasteiger partial charge in [0.1, 0.15) is 5.82 Å². The maximum atomic E-state index is 13.4. The second-order valence-electron chi connectivity index (χ2n) is 6.10. The van der Waals surface area contributed by atoms with E-state index in [1.54, 1.807) is 0 Å². The second-order valence-corrected chi connectivity index (χ2v) is 6.10. The van der Waals surface area contributed by atoms with E-state index >= 15 is 0 Å². The Labute approximate surface area is 158 Å². The largest absolute Gasteiger partial charge is 0.481 e. The topological polar surface area (TPSA) is 64.3 Å². The normalized spacial score (nSPS) is 11.6. The Bertz CT molecular complexity index is 724. The highest BCUT2D eigenvalue weighted by Crippen LogP contribution is 2.18. The van der Waals surface area contributed by atoms with Gasteiger partial charge in [-0.05, 0) is 29.2 Å². The average Bonchev–Trinajstić information content (AvgIpc) is 2.59. The van der Waals surface area contributed by atoms with Crippen LogP contribution in [-0.2, 0) is 4.79 Å². The van der Waals surface area contributed by atoms with Crippen molar-refractivity contribution < 1.29 is 18.3 Å². The quantitative estimate of drug-likeness (QED) is 0.765. The van der Waals surface area contributed by atoms with Crippen LogP contribution in [0.15, 0.2) is 42.5 Å². The number of carbonyl (C=O) groups is 1. The van der Waals surface area contributed by atoms with Gasteiger partial charge in [0.25, 0.3) is 5.91 Å². The van der Waals surface area contributed by atoms with Gasteiger partial charge in [-0.2, -0.15) is 0 Å². The van der Waals surface area contributed by atoms with Crippen LogP contribution in [0.5, 0.6) is 5.75 Å². The number of benzene rings is 2. The van der Waals surface area contributed by atoms with Crippen molar-refractivity contribution in [2.24, 2.45) is 5.73 Å². The van der Waals surface area contributed by atoms with E-state index in [1.807, 2.05) is 24.3 Å². The number of nitrogens with one attached hydrogen (secondary N) is 1. The van der Waals surface area contributed by atoms with Crippen LogP contribution in [0, 0.1) is 11.6 Å². The molecular weight excluding hydrogens is 362 g/mol. The van der Waals surface area contributed by atoms with Gasteiger partial charge in [-0.25, -0.2) is 8.78 Å². The number of hydrogen-bond donors (Lipinski definition) is 2. The first-order valence-corrected chi connectivity index (χ1v) is 8.07. The third-order valence-corrected chi connectivity index (χ3v) is 3.80. The number of hydrogen-bond acceptors (Lipinski definition) is 3. The summed E-state index contributed by atoms with van der Waals surface area (Å²) in [6.45, 7) is 4.08. The van der Waals surface area contributed by atoms with Crippen molar-refractivity contribution in [2.75, 3.05) is 13.2 Å². The van der Waals surface area contributed by atoms with E-state index in [9.17, 15) is 13.6 Å². The van der Waals surface area contributed by atoms with Gasteiger partial charge in [0.2, 0.25) is 0 Å². The van der Waals surface area contributed by atoms with Gasteiger partial charge in [-0.3, -0.25) is 4.79 Å². The Morgan fingerprint density at radius 2 is 1.73 bits per heavy atom. The Balaban J connectivity index is 0.00000338. The van der Waals surface area contributed by atoms with Crippen LogP contribution < -0.4 is 15.8 Å². The molecule has 0 heterocycles. The molecule has 0 radical (unpaired) electrons. The number of amides is 1. The summed E-state index contributed by atoms with van der Waals surface area (Å²) in [5.74, 6) is -1.73. The number of ether oxygens (including phenoxy) is 1. The zero-order valence-corrected chi connectivity index (χ0v) is 15.5. The summed E-state index contributed by atoms with van der Waals surface area (Å²) >= 11 is 0. The molecule has 2 aromatic rings. The number of carbonyl (C=O) groups excluding carboxylic acids is 1. The highest BCUT2D eigenvalue weighted by molar-refractivity contribution is 5.85. The molecule has 1 atom stereocenters. The summed E-state index contributed by atoms with van der Waals surface area (Å²) in [6.07, 6.45) is 0. The molecule has 0 bridgehead atoms. The van der Waals surface area contributed by atoms with Crippen molar-refractivity contribution >= 4 is 18.3 Å². The molecule has 2 rings (SSSR count). The van der Waals surface area contributed by atoms with E-state index in [2.05, 4.69) is 19.2 Å². The lowest BCUT2D eigenvalue weighted by Crippen LogP contribution is -2.35. The summed E-state index contributed by atoms with van der Waals surface area (Å²) in [5, 5.41) is 2.63. The van der Waals surface area contributed by atoms with Crippen molar-refractivity contribution in [2.45, 2.75) is 25.8 Å². The molecule has 1 unspecified atom stereocenters. The molecule has 0 aromatic heterocycles. The zero-order valence-electron chi connectivity index (χ0n) is 14.7. The molecule has 0 saturated heterocycles. The fourth-order valence-corrected chi connectivity index (χ4v) is 2.26. The Hall–Kier alpha value is -2.18. The maximum Gasteiger partial charge on any atom is 0.258 e. The highest BCUT2D eigenvalue weighted by Gasteiger charge is 2.11. The Morgan fingerprint density at radius 3 is 2.31 bits per heavy atom. The summed E-state index contributed by atoms with van der Waals surface area (Å²) < 4.78 is 31.2. The van der Waals surface area contributed by atoms with Crippen LogP contribution in [-0.4, -0.2) is 19.1 Å². The van der Waals surface area contributed by atoms with E-state index < -0.39 is 17.5 Å². The smallest absolute Gasteiger partial charge is 0.258 e. The Morgan fingerprint density at radius 1 is 1.12 bits per heavy atom. The molecule has 0 spiro atoms. The van der Waals surface area contributed by atoms with Crippen LogP contribution >= 0.6 is 12.4 Å². The maximum absolute atomic E-state index is 13.4. The molecule has 0 aliphatic carbocycles. The first kappa shape index (κ1) is 21.9. The highest BCUT2D eigenvalue weighted by atomic mass is 35.5. The lowest BCUT2D eigenvalue weighted by molar-refractivity contribution is -0.123. The van der Waals surface area contributed by atoms with Gasteiger partial charge in [0, 0.05) is 18.7 Å². The molecule has 3 N–H and O–H groups in total. The van der Waals surface area contributed by atoms with Gasteiger partial charge < -0.3 is 15.8 Å². The van der Waals surface area contributed by atoms with E-state index in [4.69, 9.17) is 10.5 Å². The van der Waals surface area contributed by atoms with Gasteiger partial charge >= 0.3 is 0 Å². The molecule has 0 fully saturated rings. The van der Waals surface area contributed by atoms with E-state index in [0.29, 0.717) is 12.0 Å². The fourth-order valence-electron chi connectivity index (χ4n) is 2.26. The van der Waals surface area contributed by atoms with Crippen molar-refractivity contribution in [3.63, 3.8) is 0 Å². The SMILES string of the molecule is CC(C)c1ccc(C(N)CNC(=O)COc2ccc(F)cc2F)cc1.Cl. The standard InChI is InChI=1S/C19H22F2N2O2.ClH/c1-12(2)13-3-5-14(6-4-13)17(22)10-23-19(24)11-25-18-8-7-15(20)9-16(18)21;/h3-9,12,17H,10-11,22H2,1-2H3,(H,23,24);1H. The fraction of sp³-hybridized carbons (Fsp3) is 0.316. The molecule has 26 heavy (non-hydrogen) atoms. The third-order valence-electron chi connectivity index (χ3n) is 3.80. The van der Waals surface area contributed by atoms with Gasteiger partial charge in [-0.1, -0.05) is 38.1 Å². The van der Waals surface area contributed by atoms with Crippen LogP contribution in [0.2, 0.25) is 0 Å². The van der Waals surface area contributed by atoms with Crippen LogP contribution in [0.1, 0.15) is 36.9 Å². The number of halogens is 3. The molecule has 1 amide bonds. The number of rotatable bonds is 7. The summed E-state index contributed by atoms with van der Waals surface area (Å²) in [6, 6.07) is 10.5. The lowest BCUT2D eigenvalue weighted by Gasteiger charge is -2.15. The number of nitrogens with two attached hydrogens (primary N) is 1. The zero-order chi connectivity index (χ0) is 18.4. The summed E-state index contributed by atoms with van der Waals surface area (Å²) in [5.41, 5.74) is 8.19. The molecule has 142 valence electrons. The predicted molar refractivity (Wildman–Crippen MR) is 99.6 cm³/mol. The average molecular weight is 385 g/mol. The van der Waals surface area contributed by atoms with E-state index in [0.717, 1.165) is 17.7 Å². The second kappa shape index (κ2) is 10.1. The molecule has 2 aromatic carbocycles. The minimum absolute atomic E-state index is 0. The molecule has 7 heteroatoms. The minimum atomic E-state index is -0.852. The van der Waals surface area contributed by atoms with Gasteiger partial charge in [-0.15, -0.1) is 12.4 Å². The molecule has 0 aliphatic rings. The first-order chi connectivity index (χ1) is 11.9. The van der Waals surface area contributed by atoms with E-state index in [1.165, 1.54) is 5.56 Å². The molecule has 4 nitrogen and oxygen atoms in total. The predicted octanol–water partition coefficient (Wildman–Crippen LogP) is 3.71. The lowest BCUT2D eigenvalue weighted by atomic mass is 9.99. The minimum Gasteiger partial charge on any atom is -0.481 e. The van der Waals surface area contributed by atoms with Gasteiger partial charge in [0.15, 0.2) is 18.2 Å². The molecule has 0 aliphatic heterocycles. The van der Waals surface area contributed by atoms with Crippen molar-refractivity contribution in [1.29, 1.82) is 0 Å². The monoisotopic (exact) mass is 384 g/mol. The summed E-state index contributed by atoms with van der Waals surface area (Å²) in [4.78, 5) is 11.8. The summed E-state index contributed by atoms with van der Waals surface area (Å²) in [7, 11) is 0. The third kappa shape index (κ3) is 6.28. The Kier molecular flexibility index (Phi) is 8.48. The van der Waals surface area contributed by atoms with Crippen LogP contribution in [0.4, 0.5) is 8.78 Å². The van der Waals surface area contributed by atoms with Crippen LogP contribution in [0.25, 0.3) is 0 Å². The van der Waals surface area contributed by atoms with E-state index in [-0.39, 0.29) is 37.4 Å². The van der Waals surface area contributed by atoms with Crippen molar-refractivity contribution in [1.82, 2.24) is 5.32 Å². The van der Waals surface area contributed by atoms with Crippen molar-refractivity contribution in [3.8, 4) is 5.75 Å². The molecular formula is C19H23ClF2N2O2. The molecule has 0 saturated carbocycles. The van der Waals surface area contributed by atoms with Gasteiger partial charge in [0.05, 0.1) is 0 Å². The first-order valence-electron chi connectivity index (χ1n) is 8.07.